The SMILES string of the molecule is O=C(NCc1cccc(N2CCN(C(=O)Cc3cnc[nH]3)CC2)c1)c1nc2ccccc2c(=O)[nH]1. The number of piperazine rings is 1. The zero-order valence-electron chi connectivity index (χ0n) is 19.0. The third-order valence-electron chi connectivity index (χ3n) is 6.09. The van der Waals surface area contributed by atoms with Gasteiger partial charge in [-0.05, 0) is 29.8 Å². The van der Waals surface area contributed by atoms with Crippen LogP contribution in [-0.2, 0) is 17.8 Å². The summed E-state index contributed by atoms with van der Waals surface area (Å²) in [6, 6.07) is 14.8. The predicted molar refractivity (Wildman–Crippen MR) is 131 cm³/mol. The first-order valence-electron chi connectivity index (χ1n) is 11.4. The van der Waals surface area contributed by atoms with Crippen LogP contribution >= 0.6 is 0 Å². The Labute approximate surface area is 201 Å². The number of nitrogens with zero attached hydrogens (tertiary/aromatic N) is 4. The van der Waals surface area contributed by atoms with Gasteiger partial charge >= 0.3 is 0 Å². The molecule has 2 aromatic carbocycles. The first-order chi connectivity index (χ1) is 17.1. The van der Waals surface area contributed by atoms with Gasteiger partial charge in [-0.1, -0.05) is 24.3 Å². The van der Waals surface area contributed by atoms with E-state index in [1.165, 1.54) is 0 Å². The second-order valence-electron chi connectivity index (χ2n) is 8.41. The third-order valence-corrected chi connectivity index (χ3v) is 6.09. The molecule has 1 aliphatic heterocycles. The minimum absolute atomic E-state index is 0.0132. The number of hydrogen-bond donors (Lipinski definition) is 3. The van der Waals surface area contributed by atoms with Gasteiger partial charge in [0.2, 0.25) is 5.91 Å². The Hall–Kier alpha value is -4.47. The summed E-state index contributed by atoms with van der Waals surface area (Å²) in [7, 11) is 0. The minimum atomic E-state index is -0.442. The Kier molecular flexibility index (Phi) is 6.25. The molecule has 35 heavy (non-hydrogen) atoms. The van der Waals surface area contributed by atoms with E-state index in [1.54, 1.807) is 36.8 Å². The van der Waals surface area contributed by atoms with Gasteiger partial charge < -0.3 is 25.1 Å². The van der Waals surface area contributed by atoms with E-state index in [0.29, 0.717) is 37.0 Å². The summed E-state index contributed by atoms with van der Waals surface area (Å²) >= 11 is 0. The smallest absolute Gasteiger partial charge is 0.287 e. The van der Waals surface area contributed by atoms with Crippen LogP contribution in [0, 0.1) is 0 Å². The lowest BCUT2D eigenvalue weighted by atomic mass is 10.1. The van der Waals surface area contributed by atoms with Crippen LogP contribution in [-0.4, -0.2) is 62.8 Å². The van der Waals surface area contributed by atoms with Gasteiger partial charge in [-0.15, -0.1) is 0 Å². The van der Waals surface area contributed by atoms with E-state index in [9.17, 15) is 14.4 Å². The van der Waals surface area contributed by atoms with Crippen molar-refractivity contribution in [1.29, 1.82) is 0 Å². The Morgan fingerprint density at radius 1 is 1.03 bits per heavy atom. The number of carbonyl (C=O) groups is 2. The van der Waals surface area contributed by atoms with Crippen LogP contribution in [0.25, 0.3) is 10.9 Å². The fourth-order valence-electron chi connectivity index (χ4n) is 4.19. The molecule has 178 valence electrons. The van der Waals surface area contributed by atoms with Gasteiger partial charge in [0.05, 0.1) is 23.7 Å². The van der Waals surface area contributed by atoms with Crippen molar-refractivity contribution in [3.8, 4) is 0 Å². The molecule has 1 aliphatic rings. The van der Waals surface area contributed by atoms with E-state index in [0.717, 1.165) is 30.0 Å². The van der Waals surface area contributed by atoms with Crippen molar-refractivity contribution < 1.29 is 9.59 Å². The molecule has 0 saturated carbocycles. The molecule has 3 N–H and O–H groups in total. The Bertz CT molecular complexity index is 1410. The number of benzene rings is 2. The van der Waals surface area contributed by atoms with Crippen molar-refractivity contribution in [1.82, 2.24) is 30.2 Å². The first-order valence-corrected chi connectivity index (χ1v) is 11.4. The zero-order valence-corrected chi connectivity index (χ0v) is 19.0. The molecule has 0 bridgehead atoms. The van der Waals surface area contributed by atoms with Crippen LogP contribution in [0.1, 0.15) is 21.9 Å². The summed E-state index contributed by atoms with van der Waals surface area (Å²) in [5.74, 6) is -0.367. The number of fused-ring (bicyclic) bond motifs is 1. The number of amides is 2. The van der Waals surface area contributed by atoms with Crippen molar-refractivity contribution >= 4 is 28.4 Å². The molecule has 0 spiro atoms. The van der Waals surface area contributed by atoms with Crippen molar-refractivity contribution in [2.75, 3.05) is 31.1 Å². The maximum absolute atomic E-state index is 12.6. The fourth-order valence-corrected chi connectivity index (χ4v) is 4.19. The summed E-state index contributed by atoms with van der Waals surface area (Å²) in [5, 5.41) is 3.27. The van der Waals surface area contributed by atoms with E-state index >= 15 is 0 Å². The molecule has 2 amide bonds. The normalized spacial score (nSPS) is 13.7. The Morgan fingerprint density at radius 2 is 1.86 bits per heavy atom. The molecule has 2 aromatic heterocycles. The van der Waals surface area contributed by atoms with Crippen molar-refractivity contribution in [2.45, 2.75) is 13.0 Å². The number of aromatic amines is 2. The van der Waals surface area contributed by atoms with E-state index in [1.807, 2.05) is 29.2 Å². The summed E-state index contributed by atoms with van der Waals surface area (Å²) in [6.45, 7) is 3.05. The maximum Gasteiger partial charge on any atom is 0.287 e. The van der Waals surface area contributed by atoms with E-state index in [2.05, 4.69) is 30.2 Å². The highest BCUT2D eigenvalue weighted by Gasteiger charge is 2.22. The highest BCUT2D eigenvalue weighted by atomic mass is 16.2. The second-order valence-corrected chi connectivity index (χ2v) is 8.41. The molecule has 5 rings (SSSR count). The topological polar surface area (TPSA) is 127 Å². The van der Waals surface area contributed by atoms with Crippen LogP contribution < -0.4 is 15.8 Å². The molecular weight excluding hydrogens is 446 g/mol. The monoisotopic (exact) mass is 471 g/mol. The standard InChI is InChI=1S/C25H25N7O3/c33-22(13-18-15-26-16-28-18)32-10-8-31(9-11-32)19-5-3-4-17(12-19)14-27-25(35)23-29-21-7-2-1-6-20(21)24(34)30-23/h1-7,12,15-16H,8-11,13-14H2,(H,26,28)(H,27,35)(H,29,30,34). The van der Waals surface area contributed by atoms with Gasteiger partial charge in [-0.25, -0.2) is 9.97 Å². The largest absolute Gasteiger partial charge is 0.368 e. The lowest BCUT2D eigenvalue weighted by molar-refractivity contribution is -0.130. The molecular formula is C25H25N7O3. The van der Waals surface area contributed by atoms with Crippen molar-refractivity contribution in [3.05, 3.63) is 88.5 Å². The average molecular weight is 472 g/mol. The van der Waals surface area contributed by atoms with E-state index < -0.39 is 5.91 Å². The lowest BCUT2D eigenvalue weighted by Crippen LogP contribution is -2.49. The predicted octanol–water partition coefficient (Wildman–Crippen LogP) is 1.47. The van der Waals surface area contributed by atoms with Gasteiger partial charge in [0.25, 0.3) is 11.5 Å². The number of nitrogens with one attached hydrogen (secondary N) is 3. The minimum Gasteiger partial charge on any atom is -0.368 e. The molecule has 0 unspecified atom stereocenters. The van der Waals surface area contributed by atoms with E-state index in [4.69, 9.17) is 0 Å². The number of carbonyl (C=O) groups excluding carboxylic acids is 2. The molecule has 4 aromatic rings. The van der Waals surface area contributed by atoms with Crippen LogP contribution in [0.15, 0.2) is 65.8 Å². The van der Waals surface area contributed by atoms with Crippen LogP contribution in [0.2, 0.25) is 0 Å². The van der Waals surface area contributed by atoms with Crippen molar-refractivity contribution in [2.24, 2.45) is 0 Å². The van der Waals surface area contributed by atoms with Gasteiger partial charge in [0.15, 0.2) is 5.82 Å². The average Bonchev–Trinajstić information content (AvgIpc) is 3.40. The van der Waals surface area contributed by atoms with E-state index in [-0.39, 0.29) is 17.3 Å². The highest BCUT2D eigenvalue weighted by Crippen LogP contribution is 2.19. The molecule has 10 nitrogen and oxygen atoms in total. The zero-order chi connectivity index (χ0) is 24.2. The highest BCUT2D eigenvalue weighted by molar-refractivity contribution is 5.92. The number of rotatable bonds is 6. The van der Waals surface area contributed by atoms with Crippen LogP contribution in [0.5, 0.6) is 0 Å². The Balaban J connectivity index is 1.18. The molecule has 0 aliphatic carbocycles. The third kappa shape index (κ3) is 5.06. The molecule has 0 atom stereocenters. The Morgan fingerprint density at radius 3 is 2.66 bits per heavy atom. The van der Waals surface area contributed by atoms with Gasteiger partial charge in [-0.3, -0.25) is 14.4 Å². The summed E-state index contributed by atoms with van der Waals surface area (Å²) in [6.07, 6.45) is 3.58. The number of anilines is 1. The number of hydrogen-bond acceptors (Lipinski definition) is 6. The summed E-state index contributed by atoms with van der Waals surface area (Å²) in [4.78, 5) is 55.2. The number of aromatic nitrogens is 4. The number of H-pyrrole nitrogens is 2. The maximum atomic E-state index is 12.6. The summed E-state index contributed by atoms with van der Waals surface area (Å²) < 4.78 is 0. The first kappa shape index (κ1) is 22.3. The van der Waals surface area contributed by atoms with Crippen LogP contribution in [0.3, 0.4) is 0 Å². The van der Waals surface area contributed by atoms with Crippen molar-refractivity contribution in [3.63, 3.8) is 0 Å². The quantitative estimate of drug-likeness (QED) is 0.391. The molecule has 1 saturated heterocycles. The van der Waals surface area contributed by atoms with Crippen LogP contribution in [0.4, 0.5) is 5.69 Å². The molecule has 1 fully saturated rings. The molecule has 3 heterocycles. The molecule has 10 heteroatoms. The van der Waals surface area contributed by atoms with Gasteiger partial charge in [0.1, 0.15) is 0 Å². The fraction of sp³-hybridized carbons (Fsp3) is 0.240. The summed E-state index contributed by atoms with van der Waals surface area (Å²) in [5.41, 5.74) is 2.91. The second kappa shape index (κ2) is 9.80. The van der Waals surface area contributed by atoms with Gasteiger partial charge in [0, 0.05) is 50.3 Å². The van der Waals surface area contributed by atoms with Gasteiger partial charge in [-0.2, -0.15) is 0 Å². The number of imidazole rings is 1. The number of para-hydroxylation sites is 1. The molecule has 0 radical (unpaired) electrons. The lowest BCUT2D eigenvalue weighted by Gasteiger charge is -2.36.